The molecule has 0 aromatic carbocycles. The van der Waals surface area contributed by atoms with Crippen LogP contribution in [0.5, 0.6) is 0 Å². The molecule has 1 atom stereocenters. The van der Waals surface area contributed by atoms with Crippen molar-refractivity contribution in [3.05, 3.63) is 0 Å². The lowest BCUT2D eigenvalue weighted by Crippen LogP contribution is -2.46. The summed E-state index contributed by atoms with van der Waals surface area (Å²) in [5, 5.41) is 3.59. The Morgan fingerprint density at radius 1 is 1.24 bits per heavy atom. The number of hydrogen-bond acceptors (Lipinski definition) is 3. The Hall–Kier alpha value is -0.570. The number of esters is 1. The van der Waals surface area contributed by atoms with Gasteiger partial charge in [0.25, 0.3) is 0 Å². The van der Waals surface area contributed by atoms with Gasteiger partial charge in [-0.25, -0.2) is 0 Å². The Balaban J connectivity index is 1.87. The zero-order valence-electron chi connectivity index (χ0n) is 11.1. The van der Waals surface area contributed by atoms with Gasteiger partial charge in [-0.3, -0.25) is 4.79 Å². The highest BCUT2D eigenvalue weighted by atomic mass is 16.5. The molecule has 0 bridgehead atoms. The smallest absolute Gasteiger partial charge is 0.323 e. The van der Waals surface area contributed by atoms with Gasteiger partial charge in [-0.1, -0.05) is 13.3 Å². The molecule has 0 aromatic rings. The Morgan fingerprint density at radius 3 is 2.24 bits per heavy atom. The quantitative estimate of drug-likeness (QED) is 0.661. The molecule has 2 rings (SSSR count). The summed E-state index contributed by atoms with van der Waals surface area (Å²) >= 11 is 0. The Kier molecular flexibility index (Phi) is 4.43. The molecule has 0 amide bonds. The second-order valence-electron chi connectivity index (χ2n) is 5.46. The first-order valence-corrected chi connectivity index (χ1v) is 7.19. The monoisotopic (exact) mass is 239 g/mol. The predicted molar refractivity (Wildman–Crippen MR) is 67.7 cm³/mol. The molecule has 0 spiro atoms. The lowest BCUT2D eigenvalue weighted by Gasteiger charge is -2.24. The first-order chi connectivity index (χ1) is 8.26. The molecule has 3 heteroatoms. The van der Waals surface area contributed by atoms with Crippen molar-refractivity contribution in [1.29, 1.82) is 0 Å². The van der Waals surface area contributed by atoms with Crippen molar-refractivity contribution in [2.75, 3.05) is 6.61 Å². The third-order valence-corrected chi connectivity index (χ3v) is 3.80. The zero-order chi connectivity index (χ0) is 12.3. The van der Waals surface area contributed by atoms with Crippen LogP contribution in [0.15, 0.2) is 0 Å². The third kappa shape index (κ3) is 3.70. The molecule has 2 saturated carbocycles. The predicted octanol–water partition coefficient (Wildman–Crippen LogP) is 2.50. The summed E-state index contributed by atoms with van der Waals surface area (Å²) in [5.41, 5.74) is 0. The van der Waals surface area contributed by atoms with Gasteiger partial charge in [0.2, 0.25) is 0 Å². The topological polar surface area (TPSA) is 38.3 Å². The van der Waals surface area contributed by atoms with Gasteiger partial charge in [-0.2, -0.15) is 0 Å². The van der Waals surface area contributed by atoms with E-state index in [1.54, 1.807) is 0 Å². The summed E-state index contributed by atoms with van der Waals surface area (Å²) in [6.45, 7) is 4.48. The molecule has 0 saturated heterocycles. The van der Waals surface area contributed by atoms with E-state index in [1.807, 2.05) is 6.92 Å². The largest absolute Gasteiger partial charge is 0.465 e. The van der Waals surface area contributed by atoms with Gasteiger partial charge in [0.15, 0.2) is 0 Å². The molecule has 3 nitrogen and oxygen atoms in total. The highest BCUT2D eigenvalue weighted by Gasteiger charge is 2.42. The molecule has 98 valence electrons. The maximum Gasteiger partial charge on any atom is 0.323 e. The van der Waals surface area contributed by atoms with E-state index in [2.05, 4.69) is 12.2 Å². The zero-order valence-corrected chi connectivity index (χ0v) is 11.1. The first-order valence-electron chi connectivity index (χ1n) is 7.19. The van der Waals surface area contributed by atoms with E-state index in [0.717, 1.165) is 24.7 Å². The van der Waals surface area contributed by atoms with Crippen LogP contribution in [-0.2, 0) is 9.53 Å². The van der Waals surface area contributed by atoms with Gasteiger partial charge in [-0.05, 0) is 50.9 Å². The SMILES string of the molecule is CCCC(NC(C1CC1)C1CC1)C(=O)OCC. The summed E-state index contributed by atoms with van der Waals surface area (Å²) in [6, 6.07) is 0.502. The highest BCUT2D eigenvalue weighted by molar-refractivity contribution is 5.75. The lowest BCUT2D eigenvalue weighted by atomic mass is 10.0. The molecule has 2 fully saturated rings. The maximum absolute atomic E-state index is 11.9. The maximum atomic E-state index is 11.9. The molecular weight excluding hydrogens is 214 g/mol. The molecular formula is C14H25NO2. The van der Waals surface area contributed by atoms with Crippen LogP contribution in [0.1, 0.15) is 52.4 Å². The van der Waals surface area contributed by atoms with E-state index in [1.165, 1.54) is 25.7 Å². The average Bonchev–Trinajstić information content (AvgIpc) is 3.17. The minimum Gasteiger partial charge on any atom is -0.465 e. The Morgan fingerprint density at radius 2 is 1.82 bits per heavy atom. The standard InChI is InChI=1S/C14H25NO2/c1-3-5-12(14(16)17-4-2)15-13(10-6-7-10)11-8-9-11/h10-13,15H,3-9H2,1-2H3. The lowest BCUT2D eigenvalue weighted by molar-refractivity contribution is -0.146. The molecule has 17 heavy (non-hydrogen) atoms. The van der Waals surface area contributed by atoms with E-state index in [9.17, 15) is 4.79 Å². The second-order valence-corrected chi connectivity index (χ2v) is 5.46. The second kappa shape index (κ2) is 5.85. The van der Waals surface area contributed by atoms with Crippen LogP contribution in [0.4, 0.5) is 0 Å². The van der Waals surface area contributed by atoms with Crippen molar-refractivity contribution in [3.8, 4) is 0 Å². The molecule has 2 aliphatic rings. The molecule has 0 aromatic heterocycles. The minimum absolute atomic E-state index is 0.0550. The summed E-state index contributed by atoms with van der Waals surface area (Å²) in [6.07, 6.45) is 7.30. The number of rotatable bonds is 8. The number of hydrogen-bond donors (Lipinski definition) is 1. The van der Waals surface area contributed by atoms with Crippen molar-refractivity contribution >= 4 is 5.97 Å². The van der Waals surface area contributed by atoms with Crippen LogP contribution in [0, 0.1) is 11.8 Å². The van der Waals surface area contributed by atoms with E-state index < -0.39 is 0 Å². The minimum atomic E-state index is -0.0776. The number of carbonyl (C=O) groups is 1. The fourth-order valence-electron chi connectivity index (χ4n) is 2.60. The summed E-state index contributed by atoms with van der Waals surface area (Å²) < 4.78 is 5.16. The molecule has 2 aliphatic carbocycles. The van der Waals surface area contributed by atoms with E-state index >= 15 is 0 Å². The molecule has 0 radical (unpaired) electrons. The van der Waals surface area contributed by atoms with Gasteiger partial charge < -0.3 is 10.1 Å². The summed E-state index contributed by atoms with van der Waals surface area (Å²) in [7, 11) is 0. The van der Waals surface area contributed by atoms with E-state index in [-0.39, 0.29) is 12.0 Å². The highest BCUT2D eigenvalue weighted by Crippen LogP contribution is 2.44. The normalized spacial score (nSPS) is 21.6. The Bertz CT molecular complexity index is 247. The van der Waals surface area contributed by atoms with Crippen LogP contribution < -0.4 is 5.32 Å². The van der Waals surface area contributed by atoms with Crippen LogP contribution in [0.2, 0.25) is 0 Å². The van der Waals surface area contributed by atoms with Crippen LogP contribution in [0.3, 0.4) is 0 Å². The number of nitrogens with one attached hydrogen (secondary N) is 1. The van der Waals surface area contributed by atoms with Crippen LogP contribution in [-0.4, -0.2) is 24.7 Å². The molecule has 0 heterocycles. The number of carbonyl (C=O) groups excluding carboxylic acids is 1. The first kappa shape index (κ1) is 12.9. The van der Waals surface area contributed by atoms with Crippen molar-refractivity contribution in [2.45, 2.75) is 64.5 Å². The summed E-state index contributed by atoms with van der Waals surface area (Å²) in [4.78, 5) is 11.9. The van der Waals surface area contributed by atoms with Crippen molar-refractivity contribution in [1.82, 2.24) is 5.32 Å². The van der Waals surface area contributed by atoms with Gasteiger partial charge in [0.05, 0.1) is 6.61 Å². The van der Waals surface area contributed by atoms with Crippen LogP contribution >= 0.6 is 0 Å². The van der Waals surface area contributed by atoms with Gasteiger partial charge in [0.1, 0.15) is 6.04 Å². The number of ether oxygens (including phenoxy) is 1. The fraction of sp³-hybridized carbons (Fsp3) is 0.929. The van der Waals surface area contributed by atoms with Gasteiger partial charge in [-0.15, -0.1) is 0 Å². The molecule has 1 N–H and O–H groups in total. The fourth-order valence-corrected chi connectivity index (χ4v) is 2.60. The van der Waals surface area contributed by atoms with Crippen molar-refractivity contribution in [3.63, 3.8) is 0 Å². The average molecular weight is 239 g/mol. The third-order valence-electron chi connectivity index (χ3n) is 3.80. The van der Waals surface area contributed by atoms with Crippen LogP contribution in [0.25, 0.3) is 0 Å². The van der Waals surface area contributed by atoms with E-state index in [4.69, 9.17) is 4.74 Å². The molecule has 1 unspecified atom stereocenters. The van der Waals surface area contributed by atoms with Crippen molar-refractivity contribution < 1.29 is 9.53 Å². The van der Waals surface area contributed by atoms with E-state index in [0.29, 0.717) is 12.6 Å². The van der Waals surface area contributed by atoms with Gasteiger partial charge >= 0.3 is 5.97 Å². The van der Waals surface area contributed by atoms with Gasteiger partial charge in [0, 0.05) is 6.04 Å². The summed E-state index contributed by atoms with van der Waals surface area (Å²) in [5.74, 6) is 1.60. The molecule has 0 aliphatic heterocycles. The van der Waals surface area contributed by atoms with Crippen molar-refractivity contribution in [2.24, 2.45) is 11.8 Å². The Labute approximate surface area is 104 Å².